The molecule has 0 aliphatic heterocycles. The Balaban J connectivity index is 3.03. The molecule has 1 rings (SSSR count). The number of nitrogens with zero attached hydrogens (tertiary/aromatic N) is 3. The summed E-state index contributed by atoms with van der Waals surface area (Å²) in [5.74, 6) is 2.46. The Bertz CT molecular complexity index is 381. The lowest BCUT2D eigenvalue weighted by atomic mass is 10.1. The summed E-state index contributed by atoms with van der Waals surface area (Å²) in [6, 6.07) is 2.46. The fraction of sp³-hybridized carbons (Fsp3) is 0.692. The number of hydrogen-bond donors (Lipinski definition) is 1. The van der Waals surface area contributed by atoms with Crippen LogP contribution in [0.1, 0.15) is 27.7 Å². The molecule has 4 nitrogen and oxygen atoms in total. The summed E-state index contributed by atoms with van der Waals surface area (Å²) in [7, 11) is 2.09. The van der Waals surface area contributed by atoms with E-state index in [0.717, 1.165) is 23.3 Å². The zero-order chi connectivity index (χ0) is 13.7. The molecule has 0 bridgehead atoms. The highest BCUT2D eigenvalue weighted by molar-refractivity contribution is 7.98. The van der Waals surface area contributed by atoms with Gasteiger partial charge in [0, 0.05) is 25.7 Å². The van der Waals surface area contributed by atoms with Crippen LogP contribution in [0.3, 0.4) is 0 Å². The molecule has 0 amide bonds. The predicted octanol–water partition coefficient (Wildman–Crippen LogP) is 3.11. The molecule has 1 heterocycles. The second-order valence-electron chi connectivity index (χ2n) is 4.72. The molecule has 5 heteroatoms. The van der Waals surface area contributed by atoms with Gasteiger partial charge in [0.25, 0.3) is 0 Å². The summed E-state index contributed by atoms with van der Waals surface area (Å²) < 4.78 is 0. The third kappa shape index (κ3) is 3.77. The van der Waals surface area contributed by atoms with Crippen LogP contribution in [0.2, 0.25) is 0 Å². The normalized spacial score (nSPS) is 12.6. The van der Waals surface area contributed by atoms with Gasteiger partial charge in [-0.15, -0.1) is 0 Å². The Morgan fingerprint density at radius 2 is 2.00 bits per heavy atom. The van der Waals surface area contributed by atoms with E-state index in [1.807, 2.05) is 12.3 Å². The fourth-order valence-electron chi connectivity index (χ4n) is 1.61. The maximum atomic E-state index is 4.58. The third-order valence-electron chi connectivity index (χ3n) is 3.17. The molecule has 0 saturated carbocycles. The molecule has 1 aromatic rings. The van der Waals surface area contributed by atoms with Gasteiger partial charge in [0.2, 0.25) is 0 Å². The maximum Gasteiger partial charge on any atom is 0.191 e. The Morgan fingerprint density at radius 1 is 1.33 bits per heavy atom. The average Bonchev–Trinajstić information content (AvgIpc) is 2.36. The quantitative estimate of drug-likeness (QED) is 0.634. The van der Waals surface area contributed by atoms with E-state index in [1.165, 1.54) is 0 Å². The van der Waals surface area contributed by atoms with Gasteiger partial charge in [-0.25, -0.2) is 9.97 Å². The van der Waals surface area contributed by atoms with E-state index in [1.54, 1.807) is 11.8 Å². The molecule has 0 aliphatic rings. The largest absolute Gasteiger partial charge is 0.370 e. The highest BCUT2D eigenvalue weighted by atomic mass is 32.2. The van der Waals surface area contributed by atoms with Gasteiger partial charge in [-0.1, -0.05) is 25.6 Å². The van der Waals surface area contributed by atoms with Crippen LogP contribution in [-0.4, -0.2) is 35.9 Å². The van der Waals surface area contributed by atoms with Crippen LogP contribution < -0.4 is 10.2 Å². The molecule has 102 valence electrons. The van der Waals surface area contributed by atoms with Crippen molar-refractivity contribution in [3.05, 3.63) is 6.07 Å². The van der Waals surface area contributed by atoms with Crippen molar-refractivity contribution in [2.24, 2.45) is 5.92 Å². The summed E-state index contributed by atoms with van der Waals surface area (Å²) in [5.41, 5.74) is 0. The molecular weight excluding hydrogens is 244 g/mol. The van der Waals surface area contributed by atoms with Crippen LogP contribution in [0.15, 0.2) is 11.2 Å². The van der Waals surface area contributed by atoms with Gasteiger partial charge in [-0.05, 0) is 26.0 Å². The van der Waals surface area contributed by atoms with Gasteiger partial charge in [0.1, 0.15) is 11.6 Å². The van der Waals surface area contributed by atoms with Gasteiger partial charge in [0.15, 0.2) is 5.16 Å². The maximum absolute atomic E-state index is 4.58. The Hall–Kier alpha value is -0.970. The van der Waals surface area contributed by atoms with E-state index in [4.69, 9.17) is 0 Å². The van der Waals surface area contributed by atoms with E-state index in [0.29, 0.717) is 12.0 Å². The summed E-state index contributed by atoms with van der Waals surface area (Å²) >= 11 is 1.57. The Labute approximate surface area is 115 Å². The van der Waals surface area contributed by atoms with E-state index in [2.05, 4.69) is 54.9 Å². The Morgan fingerprint density at radius 3 is 2.50 bits per heavy atom. The topological polar surface area (TPSA) is 41.0 Å². The van der Waals surface area contributed by atoms with Gasteiger partial charge >= 0.3 is 0 Å². The lowest BCUT2D eigenvalue weighted by molar-refractivity contribution is 0.501. The number of anilines is 2. The molecule has 0 aromatic carbocycles. The smallest absolute Gasteiger partial charge is 0.191 e. The minimum atomic E-state index is 0.448. The van der Waals surface area contributed by atoms with E-state index < -0.39 is 0 Å². The van der Waals surface area contributed by atoms with Crippen molar-refractivity contribution in [2.75, 3.05) is 30.1 Å². The van der Waals surface area contributed by atoms with Crippen molar-refractivity contribution in [1.29, 1.82) is 0 Å². The molecule has 1 aromatic heterocycles. The molecule has 0 spiro atoms. The van der Waals surface area contributed by atoms with Gasteiger partial charge in [0.05, 0.1) is 0 Å². The van der Waals surface area contributed by atoms with E-state index in [9.17, 15) is 0 Å². The van der Waals surface area contributed by atoms with Crippen LogP contribution in [0, 0.1) is 5.92 Å². The molecule has 1 atom stereocenters. The van der Waals surface area contributed by atoms with Crippen LogP contribution in [0.25, 0.3) is 0 Å². The second-order valence-corrected chi connectivity index (χ2v) is 5.50. The van der Waals surface area contributed by atoms with Gasteiger partial charge in [-0.3, -0.25) is 0 Å². The van der Waals surface area contributed by atoms with Crippen molar-refractivity contribution in [2.45, 2.75) is 38.9 Å². The first-order valence-corrected chi connectivity index (χ1v) is 7.61. The van der Waals surface area contributed by atoms with E-state index in [-0.39, 0.29) is 0 Å². The average molecular weight is 268 g/mol. The summed E-state index contributed by atoms with van der Waals surface area (Å²) in [6.45, 7) is 9.61. The van der Waals surface area contributed by atoms with Crippen molar-refractivity contribution < 1.29 is 0 Å². The SMILES string of the molecule is CCNc1cc(N(C)C(C)C(C)C)nc(SC)n1. The second kappa shape index (κ2) is 6.83. The lowest BCUT2D eigenvalue weighted by Gasteiger charge is -2.29. The molecule has 0 aliphatic carbocycles. The third-order valence-corrected chi connectivity index (χ3v) is 3.72. The standard InChI is InChI=1S/C13H24N4S/c1-7-14-11-8-12(16-13(15-11)18-6)17(5)10(4)9(2)3/h8-10H,7H2,1-6H3,(H,14,15,16). The molecular formula is C13H24N4S. The van der Waals surface area contributed by atoms with Gasteiger partial charge in [-0.2, -0.15) is 0 Å². The fourth-order valence-corrected chi connectivity index (χ4v) is 1.99. The molecule has 18 heavy (non-hydrogen) atoms. The highest BCUT2D eigenvalue weighted by Crippen LogP contribution is 2.22. The number of hydrogen-bond acceptors (Lipinski definition) is 5. The van der Waals surface area contributed by atoms with Crippen LogP contribution in [-0.2, 0) is 0 Å². The van der Waals surface area contributed by atoms with Crippen LogP contribution in [0.4, 0.5) is 11.6 Å². The van der Waals surface area contributed by atoms with Crippen LogP contribution >= 0.6 is 11.8 Å². The molecule has 0 radical (unpaired) electrons. The molecule has 0 saturated heterocycles. The van der Waals surface area contributed by atoms with Crippen molar-refractivity contribution in [1.82, 2.24) is 9.97 Å². The number of rotatable bonds is 6. The first-order chi connectivity index (χ1) is 8.49. The highest BCUT2D eigenvalue weighted by Gasteiger charge is 2.16. The predicted molar refractivity (Wildman–Crippen MR) is 80.7 cm³/mol. The van der Waals surface area contributed by atoms with E-state index >= 15 is 0 Å². The van der Waals surface area contributed by atoms with Gasteiger partial charge < -0.3 is 10.2 Å². The van der Waals surface area contributed by atoms with Crippen molar-refractivity contribution in [3.63, 3.8) is 0 Å². The summed E-state index contributed by atoms with van der Waals surface area (Å²) in [4.78, 5) is 11.2. The zero-order valence-electron chi connectivity index (χ0n) is 12.2. The number of thioether (sulfide) groups is 1. The Kier molecular flexibility index (Phi) is 5.72. The van der Waals surface area contributed by atoms with Crippen molar-refractivity contribution >= 4 is 23.4 Å². The molecule has 1 N–H and O–H groups in total. The van der Waals surface area contributed by atoms with Crippen molar-refractivity contribution in [3.8, 4) is 0 Å². The minimum Gasteiger partial charge on any atom is -0.370 e. The minimum absolute atomic E-state index is 0.448. The lowest BCUT2D eigenvalue weighted by Crippen LogP contribution is -2.34. The molecule has 1 unspecified atom stereocenters. The summed E-state index contributed by atoms with van der Waals surface area (Å²) in [6.07, 6.45) is 2.00. The first kappa shape index (κ1) is 15.1. The zero-order valence-corrected chi connectivity index (χ0v) is 13.0. The molecule has 0 fully saturated rings. The number of aromatic nitrogens is 2. The number of nitrogens with one attached hydrogen (secondary N) is 1. The van der Waals surface area contributed by atoms with Crippen LogP contribution in [0.5, 0.6) is 0 Å². The summed E-state index contributed by atoms with van der Waals surface area (Å²) in [5, 5.41) is 4.07. The monoisotopic (exact) mass is 268 g/mol. The first-order valence-electron chi connectivity index (χ1n) is 6.39.